The normalized spacial score (nSPS) is 18.6. The first-order chi connectivity index (χ1) is 13.8. The molecule has 0 amide bonds. The fourth-order valence-corrected chi connectivity index (χ4v) is 4.92. The van der Waals surface area contributed by atoms with Gasteiger partial charge in [0.2, 0.25) is 0 Å². The molecule has 154 valence electrons. The van der Waals surface area contributed by atoms with Gasteiger partial charge in [-0.05, 0) is 24.6 Å². The van der Waals surface area contributed by atoms with Crippen molar-refractivity contribution < 1.29 is 21.9 Å². The average Bonchev–Trinajstić information content (AvgIpc) is 3.03. The summed E-state index contributed by atoms with van der Waals surface area (Å²) in [5, 5.41) is 4.25. The summed E-state index contributed by atoms with van der Waals surface area (Å²) in [7, 11) is -4.03. The summed E-state index contributed by atoms with van der Waals surface area (Å²) in [6, 6.07) is 7.44. The van der Waals surface area contributed by atoms with Crippen molar-refractivity contribution in [1.82, 2.24) is 18.9 Å². The van der Waals surface area contributed by atoms with E-state index in [2.05, 4.69) is 10.1 Å². The van der Waals surface area contributed by atoms with Crippen molar-refractivity contribution in [2.45, 2.75) is 17.5 Å². The van der Waals surface area contributed by atoms with Crippen LogP contribution in [0.2, 0.25) is 0 Å². The maximum atomic E-state index is 13.0. The number of rotatable bonds is 3. The molecular weight excluding hydrogens is 407 g/mol. The smallest absolute Gasteiger partial charge is 0.416 e. The third kappa shape index (κ3) is 3.85. The van der Waals surface area contributed by atoms with Crippen molar-refractivity contribution in [3.05, 3.63) is 54.4 Å². The zero-order chi connectivity index (χ0) is 20.6. The minimum absolute atomic E-state index is 0.156. The molecule has 29 heavy (non-hydrogen) atoms. The highest BCUT2D eigenvalue weighted by Gasteiger charge is 2.36. The molecule has 0 saturated carbocycles. The molecular formula is C18H18F3N5O2S. The highest BCUT2D eigenvalue weighted by Crippen LogP contribution is 2.32. The summed E-state index contributed by atoms with van der Waals surface area (Å²) >= 11 is 0. The summed E-state index contributed by atoms with van der Waals surface area (Å²) in [4.78, 5) is 5.87. The number of halogens is 3. The lowest BCUT2D eigenvalue weighted by atomic mass is 10.2. The number of nitrogens with zero attached hydrogens (tertiary/aromatic N) is 5. The maximum Gasteiger partial charge on any atom is 0.416 e. The Bertz CT molecular complexity index is 1070. The number of fused-ring (bicyclic) bond motifs is 1. The van der Waals surface area contributed by atoms with Crippen molar-refractivity contribution in [3.63, 3.8) is 0 Å². The van der Waals surface area contributed by atoms with Crippen LogP contribution in [0.1, 0.15) is 12.0 Å². The van der Waals surface area contributed by atoms with Gasteiger partial charge in [0.15, 0.2) is 20.9 Å². The van der Waals surface area contributed by atoms with Gasteiger partial charge < -0.3 is 9.45 Å². The minimum atomic E-state index is -4.60. The predicted molar refractivity (Wildman–Crippen MR) is 99.9 cm³/mol. The Morgan fingerprint density at radius 2 is 1.86 bits per heavy atom. The van der Waals surface area contributed by atoms with Crippen LogP contribution in [-0.4, -0.2) is 49.6 Å². The summed E-state index contributed by atoms with van der Waals surface area (Å²) in [5.41, 5.74) is -0.298. The van der Waals surface area contributed by atoms with Crippen LogP contribution < -0.4 is 4.90 Å². The third-order valence-electron chi connectivity index (χ3n) is 4.85. The predicted octanol–water partition coefficient (Wildman–Crippen LogP) is 2.86. The van der Waals surface area contributed by atoms with E-state index in [1.165, 1.54) is 10.4 Å². The Balaban J connectivity index is 1.56. The van der Waals surface area contributed by atoms with Crippen molar-refractivity contribution in [1.29, 1.82) is 0 Å². The molecule has 11 heteroatoms. The van der Waals surface area contributed by atoms with Gasteiger partial charge in [-0.15, -0.1) is 4.31 Å². The van der Waals surface area contributed by atoms with E-state index < -0.39 is 22.1 Å². The zero-order valence-electron chi connectivity index (χ0n) is 15.2. The monoisotopic (exact) mass is 425 g/mol. The van der Waals surface area contributed by atoms with Gasteiger partial charge in [-0.3, -0.25) is 0 Å². The van der Waals surface area contributed by atoms with Crippen molar-refractivity contribution in [2.75, 3.05) is 31.1 Å². The molecule has 4 rings (SSSR count). The zero-order valence-corrected chi connectivity index (χ0v) is 16.1. The van der Waals surface area contributed by atoms with Crippen LogP contribution in [0.25, 0.3) is 5.65 Å². The van der Waals surface area contributed by atoms with Crippen LogP contribution in [0.5, 0.6) is 0 Å². The van der Waals surface area contributed by atoms with Gasteiger partial charge in [0.25, 0.3) is 0 Å². The Labute approximate surface area is 166 Å². The van der Waals surface area contributed by atoms with E-state index in [0.717, 1.165) is 18.0 Å². The molecule has 3 heterocycles. The first-order valence-electron chi connectivity index (χ1n) is 8.98. The summed E-state index contributed by atoms with van der Waals surface area (Å²) in [6.07, 6.45) is -0.774. The molecule has 0 radical (unpaired) electrons. The largest absolute Gasteiger partial charge is 0.593 e. The third-order valence-corrected chi connectivity index (χ3v) is 6.74. The van der Waals surface area contributed by atoms with Gasteiger partial charge in [-0.1, -0.05) is 10.3 Å². The summed E-state index contributed by atoms with van der Waals surface area (Å²) in [5.74, 6) is 0.790. The second-order valence-electron chi connectivity index (χ2n) is 6.67. The first kappa shape index (κ1) is 19.8. The SMILES string of the molecule is O=[S+]([O-])(c1cccc(C(F)(F)F)c1)N1CCCN(c2ccnc3ccnn23)CC1. The molecule has 2 aromatic heterocycles. The lowest BCUT2D eigenvalue weighted by molar-refractivity contribution is -0.137. The molecule has 3 aromatic rings. The van der Waals surface area contributed by atoms with Crippen LogP contribution in [0.15, 0.2) is 53.7 Å². The Hall–Kier alpha value is -2.50. The fraction of sp³-hybridized carbons (Fsp3) is 0.333. The molecule has 1 aliphatic heterocycles. The molecule has 1 atom stereocenters. The van der Waals surface area contributed by atoms with E-state index in [4.69, 9.17) is 0 Å². The van der Waals surface area contributed by atoms with Gasteiger partial charge in [-0.25, -0.2) is 4.98 Å². The van der Waals surface area contributed by atoms with Crippen LogP contribution in [-0.2, 0) is 20.8 Å². The summed E-state index contributed by atoms with van der Waals surface area (Å²) < 4.78 is 67.7. The van der Waals surface area contributed by atoms with E-state index in [1.807, 2.05) is 4.90 Å². The second kappa shape index (κ2) is 7.39. The Kier molecular flexibility index (Phi) is 5.05. The fourth-order valence-electron chi connectivity index (χ4n) is 3.41. The standard InChI is InChI=1S/C18H18F3N5O2S/c19-18(20,21)14-3-1-4-15(13-14)29(27,28)25-10-2-9-24(11-12-25)17-6-7-22-16-5-8-23-26(16)17/h1,3-8,13H,2,9-12H2. The molecule has 1 aliphatic rings. The Morgan fingerprint density at radius 3 is 2.66 bits per heavy atom. The van der Waals surface area contributed by atoms with Crippen molar-refractivity contribution in [2.24, 2.45) is 0 Å². The van der Waals surface area contributed by atoms with Crippen LogP contribution in [0.4, 0.5) is 19.0 Å². The van der Waals surface area contributed by atoms with Crippen LogP contribution in [0.3, 0.4) is 0 Å². The number of benzene rings is 1. The van der Waals surface area contributed by atoms with E-state index >= 15 is 0 Å². The van der Waals surface area contributed by atoms with Crippen LogP contribution >= 0.6 is 0 Å². The quantitative estimate of drug-likeness (QED) is 0.603. The number of hydrogen-bond acceptors (Lipinski definition) is 5. The molecule has 1 aromatic carbocycles. The first-order valence-corrected chi connectivity index (χ1v) is 10.4. The number of aromatic nitrogens is 3. The summed E-state index contributed by atoms with van der Waals surface area (Å²) in [6.45, 7) is 1.36. The van der Waals surface area contributed by atoms with Gasteiger partial charge in [-0.2, -0.15) is 22.8 Å². The Morgan fingerprint density at radius 1 is 1.03 bits per heavy atom. The number of hydrogen-bond donors (Lipinski definition) is 0. The molecule has 1 unspecified atom stereocenters. The van der Waals surface area contributed by atoms with Crippen molar-refractivity contribution in [3.8, 4) is 0 Å². The molecule has 0 N–H and O–H groups in total. The second-order valence-corrected chi connectivity index (χ2v) is 8.61. The number of anilines is 1. The van der Waals surface area contributed by atoms with Crippen LogP contribution in [0, 0.1) is 0 Å². The highest BCUT2D eigenvalue weighted by molar-refractivity contribution is 7.95. The molecule has 7 nitrogen and oxygen atoms in total. The van der Waals surface area contributed by atoms with E-state index in [1.54, 1.807) is 29.0 Å². The highest BCUT2D eigenvalue weighted by atomic mass is 32.3. The topological polar surface area (TPSA) is 76.8 Å². The average molecular weight is 425 g/mol. The van der Waals surface area contributed by atoms with Gasteiger partial charge in [0.1, 0.15) is 5.82 Å². The lowest BCUT2D eigenvalue weighted by Gasteiger charge is -2.27. The molecule has 0 bridgehead atoms. The molecule has 1 saturated heterocycles. The lowest BCUT2D eigenvalue weighted by Crippen LogP contribution is -2.39. The van der Waals surface area contributed by atoms with E-state index in [0.29, 0.717) is 31.2 Å². The van der Waals surface area contributed by atoms with Gasteiger partial charge in [0, 0.05) is 38.0 Å². The van der Waals surface area contributed by atoms with Gasteiger partial charge in [0.05, 0.1) is 18.3 Å². The molecule has 0 spiro atoms. The van der Waals surface area contributed by atoms with Gasteiger partial charge >= 0.3 is 6.18 Å². The van der Waals surface area contributed by atoms with Crippen molar-refractivity contribution >= 4 is 21.9 Å². The van der Waals surface area contributed by atoms with E-state index in [-0.39, 0.29) is 18.0 Å². The number of sulfonamides is 1. The maximum absolute atomic E-state index is 13.0. The molecule has 1 fully saturated rings. The minimum Gasteiger partial charge on any atom is -0.593 e. The van der Waals surface area contributed by atoms with E-state index in [9.17, 15) is 21.9 Å². The number of alkyl halides is 3. The molecule has 0 aliphatic carbocycles.